The molecule has 180 valence electrons. The topological polar surface area (TPSA) is 80.6 Å². The van der Waals surface area contributed by atoms with Crippen molar-refractivity contribution in [2.24, 2.45) is 0 Å². The van der Waals surface area contributed by atoms with Crippen LogP contribution in [0.5, 0.6) is 17.2 Å². The lowest BCUT2D eigenvalue weighted by Crippen LogP contribution is -2.14. The van der Waals surface area contributed by atoms with Crippen LogP contribution < -0.4 is 19.5 Å². The van der Waals surface area contributed by atoms with Crippen LogP contribution in [-0.4, -0.2) is 20.1 Å². The first-order valence-corrected chi connectivity index (χ1v) is 11.3. The summed E-state index contributed by atoms with van der Waals surface area (Å²) in [4.78, 5) is 12.8. The first-order valence-electron chi connectivity index (χ1n) is 10.6. The van der Waals surface area contributed by atoms with Gasteiger partial charge in [0, 0.05) is 12.1 Å². The van der Waals surface area contributed by atoms with Gasteiger partial charge >= 0.3 is 0 Å². The van der Waals surface area contributed by atoms with Crippen molar-refractivity contribution >= 4 is 40.9 Å². The SMILES string of the molecule is COc1cc(NC(=O)/C(C#N)=C/c2ccc(OCc3ccc(C)c(C)c3)c(Cl)c2)c(OC)cc1Cl. The number of hydrogen-bond donors (Lipinski definition) is 1. The van der Waals surface area contributed by atoms with Gasteiger partial charge in [-0.25, -0.2) is 0 Å². The number of rotatable bonds is 8. The second-order valence-electron chi connectivity index (χ2n) is 7.71. The molecule has 0 heterocycles. The minimum atomic E-state index is -0.624. The fourth-order valence-electron chi connectivity index (χ4n) is 3.24. The van der Waals surface area contributed by atoms with E-state index in [-0.39, 0.29) is 5.57 Å². The number of ether oxygens (including phenoxy) is 3. The quantitative estimate of drug-likeness (QED) is 0.267. The number of aryl methyl sites for hydroxylation is 2. The molecule has 3 rings (SSSR count). The highest BCUT2D eigenvalue weighted by Crippen LogP contribution is 2.36. The summed E-state index contributed by atoms with van der Waals surface area (Å²) in [5.41, 5.74) is 4.20. The molecule has 1 N–H and O–H groups in total. The van der Waals surface area contributed by atoms with Gasteiger partial charge in [-0.2, -0.15) is 5.26 Å². The number of nitrogens with zero attached hydrogens (tertiary/aromatic N) is 1. The summed E-state index contributed by atoms with van der Waals surface area (Å²) in [6, 6.07) is 16.1. The van der Waals surface area contributed by atoms with Crippen LogP contribution in [0.3, 0.4) is 0 Å². The molecule has 0 bridgehead atoms. The van der Waals surface area contributed by atoms with E-state index in [0.29, 0.717) is 45.2 Å². The van der Waals surface area contributed by atoms with Crippen molar-refractivity contribution in [2.45, 2.75) is 20.5 Å². The van der Waals surface area contributed by atoms with Crippen LogP contribution in [0.15, 0.2) is 54.1 Å². The van der Waals surface area contributed by atoms with Gasteiger partial charge in [0.1, 0.15) is 35.5 Å². The first-order chi connectivity index (χ1) is 16.7. The highest BCUT2D eigenvalue weighted by atomic mass is 35.5. The third-order valence-corrected chi connectivity index (χ3v) is 5.91. The number of benzene rings is 3. The highest BCUT2D eigenvalue weighted by Gasteiger charge is 2.16. The Kier molecular flexibility index (Phi) is 8.64. The van der Waals surface area contributed by atoms with Gasteiger partial charge in [-0.1, -0.05) is 47.5 Å². The molecular weight excluding hydrogens is 487 g/mol. The predicted molar refractivity (Wildman–Crippen MR) is 138 cm³/mol. The number of carbonyl (C=O) groups is 1. The largest absolute Gasteiger partial charge is 0.495 e. The van der Waals surface area contributed by atoms with Gasteiger partial charge < -0.3 is 19.5 Å². The normalized spacial score (nSPS) is 10.9. The molecule has 0 saturated heterocycles. The maximum Gasteiger partial charge on any atom is 0.266 e. The number of hydrogen-bond acceptors (Lipinski definition) is 5. The maximum absolute atomic E-state index is 12.8. The van der Waals surface area contributed by atoms with Crippen molar-refractivity contribution in [1.82, 2.24) is 0 Å². The summed E-state index contributed by atoms with van der Waals surface area (Å²) < 4.78 is 16.3. The van der Waals surface area contributed by atoms with Crippen LogP contribution in [0.4, 0.5) is 5.69 Å². The summed E-state index contributed by atoms with van der Waals surface area (Å²) in [6.45, 7) is 4.48. The van der Waals surface area contributed by atoms with Gasteiger partial charge in [0.05, 0.1) is 30.0 Å². The standard InChI is InChI=1S/C27H24Cl2N2O4/c1-16-5-6-19(9-17(16)2)15-35-24-8-7-18(11-21(24)28)10-20(14-30)27(32)31-23-13-25(33-3)22(29)12-26(23)34-4/h5-13H,15H2,1-4H3,(H,31,32)/b20-10+. The number of amides is 1. The second-order valence-corrected chi connectivity index (χ2v) is 8.52. The summed E-state index contributed by atoms with van der Waals surface area (Å²) in [6.07, 6.45) is 1.44. The van der Waals surface area contributed by atoms with Gasteiger partial charge in [-0.15, -0.1) is 0 Å². The third kappa shape index (κ3) is 6.48. The van der Waals surface area contributed by atoms with Crippen molar-refractivity contribution in [3.8, 4) is 23.3 Å². The van der Waals surface area contributed by atoms with Gasteiger partial charge in [-0.3, -0.25) is 4.79 Å². The Morgan fingerprint density at radius 3 is 2.29 bits per heavy atom. The van der Waals surface area contributed by atoms with E-state index in [9.17, 15) is 10.1 Å². The minimum absolute atomic E-state index is 0.124. The molecule has 0 unspecified atom stereocenters. The molecule has 35 heavy (non-hydrogen) atoms. The second kappa shape index (κ2) is 11.7. The molecule has 1 amide bonds. The Balaban J connectivity index is 1.76. The molecule has 0 saturated carbocycles. The molecular formula is C27H24Cl2N2O4. The van der Waals surface area contributed by atoms with Crippen LogP contribution in [-0.2, 0) is 11.4 Å². The summed E-state index contributed by atoms with van der Waals surface area (Å²) in [5, 5.41) is 12.9. The van der Waals surface area contributed by atoms with Gasteiger partial charge in [0.15, 0.2) is 0 Å². The van der Waals surface area contributed by atoms with Crippen LogP contribution in [0, 0.1) is 25.2 Å². The lowest BCUT2D eigenvalue weighted by molar-refractivity contribution is -0.112. The molecule has 0 atom stereocenters. The van der Waals surface area contributed by atoms with Gasteiger partial charge in [-0.05, 0) is 54.3 Å². The molecule has 0 aliphatic carbocycles. The Hall–Kier alpha value is -3.66. The third-order valence-electron chi connectivity index (χ3n) is 5.32. The zero-order valence-electron chi connectivity index (χ0n) is 19.7. The molecule has 0 radical (unpaired) electrons. The molecule has 0 aliphatic heterocycles. The highest BCUT2D eigenvalue weighted by molar-refractivity contribution is 6.32. The number of methoxy groups -OCH3 is 2. The average molecular weight is 511 g/mol. The predicted octanol–water partition coefficient (Wildman–Crippen LogP) is 6.75. The van der Waals surface area contributed by atoms with Crippen molar-refractivity contribution in [2.75, 3.05) is 19.5 Å². The van der Waals surface area contributed by atoms with Crippen LogP contribution in [0.2, 0.25) is 10.0 Å². The van der Waals surface area contributed by atoms with Crippen molar-refractivity contribution in [3.63, 3.8) is 0 Å². The summed E-state index contributed by atoms with van der Waals surface area (Å²) in [7, 11) is 2.90. The van der Waals surface area contributed by atoms with E-state index in [2.05, 4.69) is 25.2 Å². The van der Waals surface area contributed by atoms with E-state index in [1.165, 1.54) is 43.6 Å². The van der Waals surface area contributed by atoms with E-state index in [1.807, 2.05) is 18.2 Å². The lowest BCUT2D eigenvalue weighted by atomic mass is 10.1. The van der Waals surface area contributed by atoms with Crippen molar-refractivity contribution < 1.29 is 19.0 Å². The molecule has 3 aromatic rings. The molecule has 0 aromatic heterocycles. The van der Waals surface area contributed by atoms with Gasteiger partial charge in [0.2, 0.25) is 0 Å². The molecule has 0 aliphatic rings. The molecule has 8 heteroatoms. The Labute approximate surface area is 214 Å². The molecule has 0 spiro atoms. The number of anilines is 1. The number of halogens is 2. The minimum Gasteiger partial charge on any atom is -0.495 e. The van der Waals surface area contributed by atoms with Crippen LogP contribution in [0.1, 0.15) is 22.3 Å². The fraction of sp³-hybridized carbons (Fsp3) is 0.185. The van der Waals surface area contributed by atoms with Crippen molar-refractivity contribution in [3.05, 3.63) is 86.4 Å². The van der Waals surface area contributed by atoms with E-state index in [1.54, 1.807) is 18.2 Å². The number of nitriles is 1. The average Bonchev–Trinajstić information content (AvgIpc) is 2.84. The Morgan fingerprint density at radius 2 is 1.66 bits per heavy atom. The first kappa shape index (κ1) is 26.0. The zero-order chi connectivity index (χ0) is 25.5. The lowest BCUT2D eigenvalue weighted by Gasteiger charge is -2.13. The van der Waals surface area contributed by atoms with E-state index in [4.69, 9.17) is 37.4 Å². The Morgan fingerprint density at radius 1 is 0.943 bits per heavy atom. The van der Waals surface area contributed by atoms with E-state index >= 15 is 0 Å². The molecule has 3 aromatic carbocycles. The molecule has 0 fully saturated rings. The van der Waals surface area contributed by atoms with E-state index in [0.717, 1.165) is 5.56 Å². The summed E-state index contributed by atoms with van der Waals surface area (Å²) in [5.74, 6) is 0.563. The Bertz CT molecular complexity index is 1330. The summed E-state index contributed by atoms with van der Waals surface area (Å²) >= 11 is 12.5. The monoisotopic (exact) mass is 510 g/mol. The van der Waals surface area contributed by atoms with Gasteiger partial charge in [0.25, 0.3) is 5.91 Å². The fourth-order valence-corrected chi connectivity index (χ4v) is 3.72. The van der Waals surface area contributed by atoms with Crippen LogP contribution in [0.25, 0.3) is 6.08 Å². The van der Waals surface area contributed by atoms with E-state index < -0.39 is 5.91 Å². The number of nitrogens with one attached hydrogen (secondary N) is 1. The smallest absolute Gasteiger partial charge is 0.266 e. The van der Waals surface area contributed by atoms with Crippen molar-refractivity contribution in [1.29, 1.82) is 5.26 Å². The zero-order valence-corrected chi connectivity index (χ0v) is 21.3. The number of carbonyl (C=O) groups excluding carboxylic acids is 1. The molecule has 6 nitrogen and oxygen atoms in total. The maximum atomic E-state index is 12.8. The van der Waals surface area contributed by atoms with Crippen LogP contribution >= 0.6 is 23.2 Å².